The van der Waals surface area contributed by atoms with Crippen molar-refractivity contribution in [2.24, 2.45) is 7.05 Å². The fraction of sp³-hybridized carbons (Fsp3) is 0.538. The fourth-order valence-corrected chi connectivity index (χ4v) is 2.35. The molecule has 3 heterocycles. The number of methoxy groups -OCH3 is 1. The number of piperazine rings is 1. The molecule has 0 atom stereocenters. The highest BCUT2D eigenvalue weighted by Gasteiger charge is 2.20. The predicted octanol–water partition coefficient (Wildman–Crippen LogP) is -0.0641. The fourth-order valence-electron chi connectivity index (χ4n) is 2.35. The van der Waals surface area contributed by atoms with Crippen LogP contribution in [0.25, 0.3) is 0 Å². The molecule has 0 N–H and O–H groups in total. The molecule has 2 aromatic heterocycles. The Bertz CT molecular complexity index is 592. The molecule has 8 heteroatoms. The molecule has 0 radical (unpaired) electrons. The first kappa shape index (κ1) is 13.7. The molecule has 1 saturated heterocycles. The molecule has 8 nitrogen and oxygen atoms in total. The van der Waals surface area contributed by atoms with Gasteiger partial charge in [0.05, 0.1) is 13.7 Å². The van der Waals surface area contributed by atoms with Crippen molar-refractivity contribution in [3.63, 3.8) is 0 Å². The number of hydrogen-bond acceptors (Lipinski definition) is 7. The summed E-state index contributed by atoms with van der Waals surface area (Å²) in [6, 6.07) is 1.76. The quantitative estimate of drug-likeness (QED) is 0.780. The van der Waals surface area contributed by atoms with Crippen LogP contribution in [0.15, 0.2) is 18.6 Å². The second-order valence-corrected chi connectivity index (χ2v) is 5.02. The van der Waals surface area contributed by atoms with Gasteiger partial charge in [-0.1, -0.05) is 0 Å². The van der Waals surface area contributed by atoms with Crippen molar-refractivity contribution in [2.45, 2.75) is 6.54 Å². The number of aromatic nitrogens is 5. The monoisotopic (exact) mass is 289 g/mol. The van der Waals surface area contributed by atoms with Crippen molar-refractivity contribution < 1.29 is 4.74 Å². The van der Waals surface area contributed by atoms with Gasteiger partial charge in [-0.15, -0.1) is 10.2 Å². The van der Waals surface area contributed by atoms with E-state index in [2.05, 4.69) is 30.0 Å². The van der Waals surface area contributed by atoms with Gasteiger partial charge >= 0.3 is 0 Å². The van der Waals surface area contributed by atoms with Gasteiger partial charge in [-0.2, -0.15) is 4.98 Å². The highest BCUT2D eigenvalue weighted by atomic mass is 16.5. The van der Waals surface area contributed by atoms with E-state index in [4.69, 9.17) is 4.74 Å². The first-order valence-corrected chi connectivity index (χ1v) is 6.93. The van der Waals surface area contributed by atoms with Crippen molar-refractivity contribution >= 4 is 5.95 Å². The Morgan fingerprint density at radius 3 is 2.71 bits per heavy atom. The van der Waals surface area contributed by atoms with E-state index in [1.54, 1.807) is 25.7 Å². The average molecular weight is 289 g/mol. The van der Waals surface area contributed by atoms with Crippen LogP contribution in [0.5, 0.6) is 5.88 Å². The molecular formula is C13H19N7O. The molecular weight excluding hydrogens is 270 g/mol. The lowest BCUT2D eigenvalue weighted by Crippen LogP contribution is -2.46. The molecule has 1 fully saturated rings. The Labute approximate surface area is 123 Å². The summed E-state index contributed by atoms with van der Waals surface area (Å²) in [5.41, 5.74) is 0. The highest BCUT2D eigenvalue weighted by molar-refractivity contribution is 5.32. The van der Waals surface area contributed by atoms with Gasteiger partial charge in [0.15, 0.2) is 0 Å². The molecule has 0 saturated carbocycles. The number of rotatable bonds is 4. The second kappa shape index (κ2) is 6.04. The Morgan fingerprint density at radius 1 is 1.24 bits per heavy atom. The van der Waals surface area contributed by atoms with Crippen molar-refractivity contribution in [2.75, 3.05) is 38.2 Å². The zero-order valence-electron chi connectivity index (χ0n) is 12.3. The standard InChI is InChI=1S/C13H19N7O/c1-18-10-15-17-11(18)9-19-5-7-20(8-6-19)13-14-4-3-12(16-13)21-2/h3-4,10H,5-9H2,1-2H3. The highest BCUT2D eigenvalue weighted by Crippen LogP contribution is 2.15. The Morgan fingerprint density at radius 2 is 2.05 bits per heavy atom. The number of anilines is 1. The number of nitrogens with zero attached hydrogens (tertiary/aromatic N) is 7. The van der Waals surface area contributed by atoms with Crippen LogP contribution < -0.4 is 9.64 Å². The minimum Gasteiger partial charge on any atom is -0.481 e. The van der Waals surface area contributed by atoms with Gasteiger partial charge in [-0.25, -0.2) is 4.98 Å². The van der Waals surface area contributed by atoms with E-state index in [1.807, 2.05) is 11.6 Å². The number of aryl methyl sites for hydroxylation is 1. The van der Waals surface area contributed by atoms with E-state index in [-0.39, 0.29) is 0 Å². The number of ether oxygens (including phenoxy) is 1. The minimum absolute atomic E-state index is 0.599. The lowest BCUT2D eigenvalue weighted by atomic mass is 10.3. The van der Waals surface area contributed by atoms with Crippen LogP contribution >= 0.6 is 0 Å². The topological polar surface area (TPSA) is 72.2 Å². The van der Waals surface area contributed by atoms with Crippen LogP contribution in [0.3, 0.4) is 0 Å². The van der Waals surface area contributed by atoms with Crippen LogP contribution in [0.2, 0.25) is 0 Å². The summed E-state index contributed by atoms with van der Waals surface area (Å²) in [7, 11) is 3.58. The zero-order valence-corrected chi connectivity index (χ0v) is 12.3. The largest absolute Gasteiger partial charge is 0.481 e. The van der Waals surface area contributed by atoms with Crippen LogP contribution in [0.4, 0.5) is 5.95 Å². The molecule has 112 valence electrons. The molecule has 21 heavy (non-hydrogen) atoms. The van der Waals surface area contributed by atoms with E-state index in [0.717, 1.165) is 44.5 Å². The van der Waals surface area contributed by atoms with Crippen LogP contribution in [-0.4, -0.2) is 62.9 Å². The van der Waals surface area contributed by atoms with Crippen molar-refractivity contribution in [3.8, 4) is 5.88 Å². The maximum atomic E-state index is 5.14. The first-order valence-electron chi connectivity index (χ1n) is 6.93. The molecule has 1 aliphatic heterocycles. The molecule has 0 amide bonds. The van der Waals surface area contributed by atoms with Crippen LogP contribution in [0, 0.1) is 0 Å². The van der Waals surface area contributed by atoms with Gasteiger partial charge in [-0.05, 0) is 0 Å². The van der Waals surface area contributed by atoms with Gasteiger partial charge in [-0.3, -0.25) is 4.90 Å². The van der Waals surface area contributed by atoms with Crippen molar-refractivity contribution in [3.05, 3.63) is 24.4 Å². The van der Waals surface area contributed by atoms with Crippen molar-refractivity contribution in [1.82, 2.24) is 29.6 Å². The third-order valence-electron chi connectivity index (χ3n) is 3.65. The van der Waals surface area contributed by atoms with Crippen molar-refractivity contribution in [1.29, 1.82) is 0 Å². The van der Waals surface area contributed by atoms with E-state index >= 15 is 0 Å². The molecule has 2 aromatic rings. The second-order valence-electron chi connectivity index (χ2n) is 5.02. The normalized spacial score (nSPS) is 16.2. The maximum Gasteiger partial charge on any atom is 0.228 e. The molecule has 0 unspecified atom stereocenters. The van der Waals surface area contributed by atoms with Crippen LogP contribution in [-0.2, 0) is 13.6 Å². The van der Waals surface area contributed by atoms with Gasteiger partial charge in [0.25, 0.3) is 0 Å². The third kappa shape index (κ3) is 3.10. The van der Waals surface area contributed by atoms with Gasteiger partial charge < -0.3 is 14.2 Å². The molecule has 0 aliphatic carbocycles. The average Bonchev–Trinajstić information content (AvgIpc) is 2.93. The molecule has 0 spiro atoms. The Balaban J connectivity index is 1.58. The SMILES string of the molecule is COc1ccnc(N2CCN(Cc3nncn3C)CC2)n1. The molecule has 1 aliphatic rings. The van der Waals surface area contributed by atoms with E-state index < -0.39 is 0 Å². The lowest BCUT2D eigenvalue weighted by Gasteiger charge is -2.34. The summed E-state index contributed by atoms with van der Waals surface area (Å²) in [6.45, 7) is 4.51. The first-order chi connectivity index (χ1) is 10.3. The predicted molar refractivity (Wildman–Crippen MR) is 77.1 cm³/mol. The summed E-state index contributed by atoms with van der Waals surface area (Å²) >= 11 is 0. The smallest absolute Gasteiger partial charge is 0.228 e. The maximum absolute atomic E-state index is 5.14. The zero-order chi connectivity index (χ0) is 14.7. The van der Waals surface area contributed by atoms with E-state index in [0.29, 0.717) is 5.88 Å². The lowest BCUT2D eigenvalue weighted by molar-refractivity contribution is 0.240. The van der Waals surface area contributed by atoms with Crippen LogP contribution in [0.1, 0.15) is 5.82 Å². The molecule has 3 rings (SSSR count). The van der Waals surface area contributed by atoms with Gasteiger partial charge in [0.2, 0.25) is 11.8 Å². The summed E-state index contributed by atoms with van der Waals surface area (Å²) in [4.78, 5) is 13.2. The third-order valence-corrected chi connectivity index (χ3v) is 3.65. The summed E-state index contributed by atoms with van der Waals surface area (Å²) in [5.74, 6) is 2.32. The Kier molecular flexibility index (Phi) is 3.96. The van der Waals surface area contributed by atoms with Gasteiger partial charge in [0, 0.05) is 45.5 Å². The Hall–Kier alpha value is -2.22. The van der Waals surface area contributed by atoms with E-state index in [1.165, 1.54) is 0 Å². The summed E-state index contributed by atoms with van der Waals surface area (Å²) in [5, 5.41) is 8.04. The molecule has 0 aromatic carbocycles. The molecule has 0 bridgehead atoms. The van der Waals surface area contributed by atoms with E-state index in [9.17, 15) is 0 Å². The summed E-state index contributed by atoms with van der Waals surface area (Å²) < 4.78 is 7.10. The van der Waals surface area contributed by atoms with Gasteiger partial charge in [0.1, 0.15) is 12.2 Å². The minimum atomic E-state index is 0.599. The number of hydrogen-bond donors (Lipinski definition) is 0. The summed E-state index contributed by atoms with van der Waals surface area (Å²) in [6.07, 6.45) is 3.46.